The maximum Gasteiger partial charge on any atom is 0.280 e. The summed E-state index contributed by atoms with van der Waals surface area (Å²) in [7, 11) is 0. The highest BCUT2D eigenvalue weighted by Gasteiger charge is 2.58. The maximum atomic E-state index is 12.0. The molecule has 138 valence electrons. The van der Waals surface area contributed by atoms with Crippen LogP contribution in [0.1, 0.15) is 30.0 Å². The molecular formula is C19H22ClN2O4+. The first kappa shape index (κ1) is 18.8. The van der Waals surface area contributed by atoms with Crippen molar-refractivity contribution in [2.24, 2.45) is 0 Å². The van der Waals surface area contributed by atoms with Gasteiger partial charge in [-0.3, -0.25) is 10.1 Å². The van der Waals surface area contributed by atoms with Crippen LogP contribution in [0.15, 0.2) is 54.6 Å². The lowest BCUT2D eigenvalue weighted by atomic mass is 9.85. The smallest absolute Gasteiger partial charge is 0.280 e. The van der Waals surface area contributed by atoms with E-state index >= 15 is 0 Å². The van der Waals surface area contributed by atoms with Crippen LogP contribution in [-0.4, -0.2) is 35.0 Å². The normalized spacial score (nSPS) is 26.6. The Balaban J connectivity index is 2.04. The molecule has 0 amide bonds. The number of aliphatic hydroxyl groups is 1. The number of ether oxygens (including phenoxy) is 1. The predicted molar refractivity (Wildman–Crippen MR) is 97.5 cm³/mol. The van der Waals surface area contributed by atoms with Crippen molar-refractivity contribution in [1.82, 2.24) is 0 Å². The fourth-order valence-electron chi connectivity index (χ4n) is 3.83. The van der Waals surface area contributed by atoms with Crippen LogP contribution in [0.4, 0.5) is 0 Å². The van der Waals surface area contributed by atoms with E-state index in [1.165, 1.54) is 0 Å². The van der Waals surface area contributed by atoms with Crippen molar-refractivity contribution < 1.29 is 20.1 Å². The molecule has 1 fully saturated rings. The average molecular weight is 378 g/mol. The van der Waals surface area contributed by atoms with E-state index in [9.17, 15) is 15.2 Å². The lowest BCUT2D eigenvalue weighted by Crippen LogP contribution is -2.91. The standard InChI is InChI=1S/C19H21ClN2O4/c1-2-26-19(23)17-15(12-6-4-3-5-7-12)18(22(24)25)16(21-17)13-8-10-14(20)11-9-13/h3-11,15-19,21,23H,2H2,1H3/p+1/t15-,16+,17+,18+,19-/m1/s1. The number of benzene rings is 2. The second kappa shape index (κ2) is 8.14. The lowest BCUT2D eigenvalue weighted by Gasteiger charge is -2.21. The number of nitro groups is 1. The van der Waals surface area contributed by atoms with Crippen LogP contribution in [0.3, 0.4) is 0 Å². The van der Waals surface area contributed by atoms with E-state index in [2.05, 4.69) is 0 Å². The predicted octanol–water partition coefficient (Wildman–Crippen LogP) is 2.11. The van der Waals surface area contributed by atoms with Gasteiger partial charge in [-0.25, -0.2) is 0 Å². The van der Waals surface area contributed by atoms with Gasteiger partial charge in [0.15, 0.2) is 12.1 Å². The van der Waals surface area contributed by atoms with Crippen molar-refractivity contribution in [3.63, 3.8) is 0 Å². The van der Waals surface area contributed by atoms with Crippen molar-refractivity contribution >= 4 is 11.6 Å². The molecule has 1 saturated heterocycles. The fraction of sp³-hybridized carbons (Fsp3) is 0.368. The van der Waals surface area contributed by atoms with Crippen LogP contribution in [0.5, 0.6) is 0 Å². The van der Waals surface area contributed by atoms with E-state index in [0.29, 0.717) is 11.6 Å². The molecule has 0 aromatic heterocycles. The molecular weight excluding hydrogens is 356 g/mol. The van der Waals surface area contributed by atoms with Crippen molar-refractivity contribution in [3.05, 3.63) is 80.9 Å². The summed E-state index contributed by atoms with van der Waals surface area (Å²) in [5.74, 6) is -0.478. The Bertz CT molecular complexity index is 741. The summed E-state index contributed by atoms with van der Waals surface area (Å²) in [5.41, 5.74) is 1.63. The van der Waals surface area contributed by atoms with Crippen molar-refractivity contribution in [2.75, 3.05) is 6.61 Å². The van der Waals surface area contributed by atoms with Gasteiger partial charge in [0.2, 0.25) is 6.29 Å². The van der Waals surface area contributed by atoms with Gasteiger partial charge in [0, 0.05) is 22.1 Å². The van der Waals surface area contributed by atoms with E-state index < -0.39 is 30.3 Å². The quantitative estimate of drug-likeness (QED) is 0.458. The molecule has 7 heteroatoms. The highest BCUT2D eigenvalue weighted by molar-refractivity contribution is 6.30. The molecule has 2 aromatic rings. The molecule has 0 radical (unpaired) electrons. The third-order valence-corrected chi connectivity index (χ3v) is 5.18. The summed E-state index contributed by atoms with van der Waals surface area (Å²) in [5, 5.41) is 24.9. The van der Waals surface area contributed by atoms with E-state index in [-0.39, 0.29) is 4.92 Å². The summed E-state index contributed by atoms with van der Waals surface area (Å²) in [6.45, 7) is 2.12. The van der Waals surface area contributed by atoms with Gasteiger partial charge in [0.25, 0.3) is 6.04 Å². The van der Waals surface area contributed by atoms with Crippen LogP contribution < -0.4 is 5.32 Å². The van der Waals surface area contributed by atoms with Crippen LogP contribution in [-0.2, 0) is 4.74 Å². The molecule has 5 atom stereocenters. The van der Waals surface area contributed by atoms with Crippen LogP contribution in [0.2, 0.25) is 5.02 Å². The molecule has 0 aliphatic carbocycles. The number of hydrogen-bond donors (Lipinski definition) is 2. The number of hydrogen-bond acceptors (Lipinski definition) is 4. The second-order valence-electron chi connectivity index (χ2n) is 6.41. The molecule has 3 rings (SSSR count). The number of nitrogens with two attached hydrogens (primary N) is 1. The van der Waals surface area contributed by atoms with E-state index in [1.807, 2.05) is 35.6 Å². The number of halogens is 1. The minimum absolute atomic E-state index is 0.244. The fourth-order valence-corrected chi connectivity index (χ4v) is 3.95. The van der Waals surface area contributed by atoms with Gasteiger partial charge >= 0.3 is 0 Å². The van der Waals surface area contributed by atoms with Crippen LogP contribution in [0.25, 0.3) is 0 Å². The molecule has 1 aliphatic rings. The largest absolute Gasteiger partial charge is 0.363 e. The van der Waals surface area contributed by atoms with E-state index in [1.54, 1.807) is 31.2 Å². The minimum Gasteiger partial charge on any atom is -0.363 e. The zero-order chi connectivity index (χ0) is 18.7. The first-order valence-corrected chi connectivity index (χ1v) is 8.99. The van der Waals surface area contributed by atoms with Crippen LogP contribution >= 0.6 is 11.6 Å². The topological polar surface area (TPSA) is 89.2 Å². The molecule has 1 heterocycles. The molecule has 0 saturated carbocycles. The third-order valence-electron chi connectivity index (χ3n) is 4.93. The van der Waals surface area contributed by atoms with Gasteiger partial charge in [0.05, 0.1) is 0 Å². The molecule has 3 N–H and O–H groups in total. The summed E-state index contributed by atoms with van der Waals surface area (Å²) in [6, 6.07) is 14.6. The zero-order valence-corrected chi connectivity index (χ0v) is 15.1. The number of nitrogens with zero attached hydrogens (tertiary/aromatic N) is 1. The SMILES string of the molecule is CCO[C@@H](O)[C@H]1[NH2+][C@@H](c2ccc(Cl)cc2)[C@@H]([N+](=O)[O-])[C@@H]1c1ccccc1. The highest BCUT2D eigenvalue weighted by Crippen LogP contribution is 2.37. The first-order chi connectivity index (χ1) is 12.5. The highest BCUT2D eigenvalue weighted by atomic mass is 35.5. The van der Waals surface area contributed by atoms with Gasteiger partial charge in [0.1, 0.15) is 5.92 Å². The number of aliphatic hydroxyl groups excluding tert-OH is 1. The molecule has 0 spiro atoms. The monoisotopic (exact) mass is 377 g/mol. The summed E-state index contributed by atoms with van der Waals surface area (Å²) < 4.78 is 5.39. The van der Waals surface area contributed by atoms with Gasteiger partial charge in [-0.05, 0) is 24.6 Å². The Morgan fingerprint density at radius 2 is 1.85 bits per heavy atom. The molecule has 6 nitrogen and oxygen atoms in total. The molecule has 1 aliphatic heterocycles. The Morgan fingerprint density at radius 3 is 2.42 bits per heavy atom. The number of quaternary nitrogens is 1. The lowest BCUT2D eigenvalue weighted by molar-refractivity contribution is -0.735. The molecule has 0 unspecified atom stereocenters. The molecule has 0 bridgehead atoms. The third kappa shape index (κ3) is 3.73. The molecule has 26 heavy (non-hydrogen) atoms. The summed E-state index contributed by atoms with van der Waals surface area (Å²) >= 11 is 5.96. The Labute approximate surface area is 156 Å². The van der Waals surface area contributed by atoms with Gasteiger partial charge in [-0.1, -0.05) is 54.1 Å². The van der Waals surface area contributed by atoms with E-state index in [0.717, 1.165) is 11.1 Å². The van der Waals surface area contributed by atoms with Crippen molar-refractivity contribution in [1.29, 1.82) is 0 Å². The minimum atomic E-state index is -1.09. The van der Waals surface area contributed by atoms with Gasteiger partial charge in [-0.2, -0.15) is 0 Å². The Kier molecular flexibility index (Phi) is 5.88. The Morgan fingerprint density at radius 1 is 1.19 bits per heavy atom. The summed E-state index contributed by atoms with van der Waals surface area (Å²) in [4.78, 5) is 11.8. The van der Waals surface area contributed by atoms with Crippen LogP contribution in [0, 0.1) is 10.1 Å². The molecule has 2 aromatic carbocycles. The zero-order valence-electron chi connectivity index (χ0n) is 14.4. The number of rotatable bonds is 6. The second-order valence-corrected chi connectivity index (χ2v) is 6.84. The maximum absolute atomic E-state index is 12.0. The Hall–Kier alpha value is -1.99. The van der Waals surface area contributed by atoms with Crippen molar-refractivity contribution in [2.45, 2.75) is 37.3 Å². The summed E-state index contributed by atoms with van der Waals surface area (Å²) in [6.07, 6.45) is -1.09. The average Bonchev–Trinajstić information content (AvgIpc) is 3.04. The van der Waals surface area contributed by atoms with E-state index in [4.69, 9.17) is 16.3 Å². The van der Waals surface area contributed by atoms with Gasteiger partial charge < -0.3 is 15.2 Å². The van der Waals surface area contributed by atoms with Crippen molar-refractivity contribution in [3.8, 4) is 0 Å². The van der Waals surface area contributed by atoms with Gasteiger partial charge in [-0.15, -0.1) is 0 Å². The first-order valence-electron chi connectivity index (χ1n) is 8.61.